The normalized spacial score (nSPS) is 13.1. The van der Waals surface area contributed by atoms with Gasteiger partial charge in [0, 0.05) is 6.42 Å². The Balaban J connectivity index is 2.22. The second-order valence-corrected chi connectivity index (χ2v) is 11.1. The van der Waals surface area contributed by atoms with Gasteiger partial charge in [-0.05, 0) is 59.1 Å². The Hall–Kier alpha value is -3.68. The molecule has 2 aromatic carbocycles. The first kappa shape index (κ1) is 30.5. The summed E-state index contributed by atoms with van der Waals surface area (Å²) >= 11 is 0. The molecule has 8 heteroatoms. The molecule has 0 heterocycles. The number of ether oxygens (including phenoxy) is 3. The molecule has 1 N–H and O–H groups in total. The molecule has 2 atom stereocenters. The predicted octanol–water partition coefficient (Wildman–Crippen LogP) is 5.17. The molecule has 0 unspecified atom stereocenters. The van der Waals surface area contributed by atoms with Gasteiger partial charge < -0.3 is 19.5 Å². The lowest BCUT2D eigenvalue weighted by Crippen LogP contribution is -2.45. The van der Waals surface area contributed by atoms with E-state index in [1.54, 1.807) is 41.5 Å². The number of ketones is 1. The van der Waals surface area contributed by atoms with Gasteiger partial charge >= 0.3 is 18.0 Å². The van der Waals surface area contributed by atoms with Crippen LogP contribution in [0.25, 0.3) is 0 Å². The SMILES string of the molecule is CC(C)(C)OC(=O)C[C@H](CC(=O)[C@@H](Cc1ccccc1)NC(=O)OC(C)(C)C)C(=O)OCc1ccccc1. The predicted molar refractivity (Wildman–Crippen MR) is 143 cm³/mol. The van der Waals surface area contributed by atoms with Crippen LogP contribution in [0.5, 0.6) is 0 Å². The molecule has 0 saturated carbocycles. The molecule has 0 aliphatic rings. The number of hydrogen-bond acceptors (Lipinski definition) is 7. The van der Waals surface area contributed by atoms with Gasteiger partial charge in [-0.1, -0.05) is 60.7 Å². The van der Waals surface area contributed by atoms with Crippen molar-refractivity contribution in [2.45, 2.75) is 84.7 Å². The third kappa shape index (κ3) is 12.0. The van der Waals surface area contributed by atoms with Crippen LogP contribution in [-0.2, 0) is 41.6 Å². The Bertz CT molecular complexity index is 1070. The molecule has 1 amide bonds. The molecule has 2 rings (SSSR count). The molecule has 0 radical (unpaired) electrons. The van der Waals surface area contributed by atoms with E-state index in [0.29, 0.717) is 0 Å². The van der Waals surface area contributed by atoms with Crippen molar-refractivity contribution in [2.75, 3.05) is 0 Å². The minimum Gasteiger partial charge on any atom is -0.461 e. The summed E-state index contributed by atoms with van der Waals surface area (Å²) in [6.07, 6.45) is -1.21. The topological polar surface area (TPSA) is 108 Å². The summed E-state index contributed by atoms with van der Waals surface area (Å²) < 4.78 is 16.2. The monoisotopic (exact) mass is 525 g/mol. The van der Waals surface area contributed by atoms with E-state index in [1.807, 2.05) is 60.7 Å². The second-order valence-electron chi connectivity index (χ2n) is 11.1. The average Bonchev–Trinajstić information content (AvgIpc) is 2.80. The molecule has 2 aromatic rings. The summed E-state index contributed by atoms with van der Waals surface area (Å²) in [4.78, 5) is 51.6. The highest BCUT2D eigenvalue weighted by atomic mass is 16.6. The van der Waals surface area contributed by atoms with Crippen molar-refractivity contribution in [3.63, 3.8) is 0 Å². The lowest BCUT2D eigenvalue weighted by atomic mass is 9.92. The van der Waals surface area contributed by atoms with E-state index in [4.69, 9.17) is 14.2 Å². The highest BCUT2D eigenvalue weighted by Crippen LogP contribution is 2.20. The summed E-state index contributed by atoms with van der Waals surface area (Å²) in [5.41, 5.74) is 0.0764. The van der Waals surface area contributed by atoms with Crippen molar-refractivity contribution in [1.82, 2.24) is 5.32 Å². The van der Waals surface area contributed by atoms with Crippen LogP contribution < -0.4 is 5.32 Å². The van der Waals surface area contributed by atoms with Gasteiger partial charge in [-0.25, -0.2) is 4.79 Å². The Morgan fingerprint density at radius 2 is 1.26 bits per heavy atom. The summed E-state index contributed by atoms with van der Waals surface area (Å²) in [7, 11) is 0. The van der Waals surface area contributed by atoms with Crippen molar-refractivity contribution < 1.29 is 33.4 Å². The quantitative estimate of drug-likeness (QED) is 0.318. The minimum atomic E-state index is -1.08. The van der Waals surface area contributed by atoms with E-state index >= 15 is 0 Å². The molecule has 0 bridgehead atoms. The summed E-state index contributed by atoms with van der Waals surface area (Å²) in [6, 6.07) is 17.3. The first-order valence-corrected chi connectivity index (χ1v) is 12.7. The number of rotatable bonds is 11. The number of amides is 1. The van der Waals surface area contributed by atoms with Crippen LogP contribution in [0.1, 0.15) is 65.5 Å². The van der Waals surface area contributed by atoms with Crippen LogP contribution >= 0.6 is 0 Å². The van der Waals surface area contributed by atoms with E-state index < -0.39 is 47.0 Å². The number of alkyl carbamates (subject to hydrolysis) is 1. The van der Waals surface area contributed by atoms with Crippen molar-refractivity contribution in [2.24, 2.45) is 5.92 Å². The van der Waals surface area contributed by atoms with Crippen molar-refractivity contribution >= 4 is 23.8 Å². The van der Waals surface area contributed by atoms with Crippen LogP contribution in [0.3, 0.4) is 0 Å². The number of nitrogens with one attached hydrogen (secondary N) is 1. The molecule has 0 spiro atoms. The van der Waals surface area contributed by atoms with Gasteiger partial charge in [0.2, 0.25) is 0 Å². The Kier molecular flexibility index (Phi) is 11.0. The fraction of sp³-hybridized carbons (Fsp3) is 0.467. The zero-order chi connectivity index (χ0) is 28.3. The number of Topliss-reactive ketones (excluding diaryl/α,β-unsaturated/α-hetero) is 1. The maximum Gasteiger partial charge on any atom is 0.408 e. The van der Waals surface area contributed by atoms with Crippen LogP contribution in [0.2, 0.25) is 0 Å². The number of esters is 2. The smallest absolute Gasteiger partial charge is 0.408 e. The highest BCUT2D eigenvalue weighted by molar-refractivity contribution is 5.92. The molecule has 38 heavy (non-hydrogen) atoms. The summed E-state index contributed by atoms with van der Waals surface area (Å²) in [5.74, 6) is -2.82. The van der Waals surface area contributed by atoms with Gasteiger partial charge in [-0.2, -0.15) is 0 Å². The Labute approximate surface area is 225 Å². The number of carbonyl (C=O) groups is 4. The maximum atomic E-state index is 13.5. The third-order valence-electron chi connectivity index (χ3n) is 5.20. The molecule has 0 aliphatic heterocycles. The molecular formula is C30H39NO7. The van der Waals surface area contributed by atoms with Crippen LogP contribution in [-0.4, -0.2) is 41.1 Å². The molecule has 0 saturated heterocycles. The lowest BCUT2D eigenvalue weighted by molar-refractivity contribution is -0.162. The number of carbonyl (C=O) groups excluding carboxylic acids is 4. The first-order chi connectivity index (χ1) is 17.7. The zero-order valence-corrected chi connectivity index (χ0v) is 23.1. The van der Waals surface area contributed by atoms with E-state index in [1.165, 1.54) is 0 Å². The van der Waals surface area contributed by atoms with Crippen LogP contribution in [0.15, 0.2) is 60.7 Å². The third-order valence-corrected chi connectivity index (χ3v) is 5.20. The molecule has 0 fully saturated rings. The highest BCUT2D eigenvalue weighted by Gasteiger charge is 2.33. The Morgan fingerprint density at radius 3 is 1.79 bits per heavy atom. The van der Waals surface area contributed by atoms with Gasteiger partial charge in [0.05, 0.1) is 18.4 Å². The fourth-order valence-electron chi connectivity index (χ4n) is 3.60. The minimum absolute atomic E-state index is 0.00227. The van der Waals surface area contributed by atoms with Crippen LogP contribution in [0, 0.1) is 5.92 Å². The van der Waals surface area contributed by atoms with E-state index in [2.05, 4.69) is 5.32 Å². The van der Waals surface area contributed by atoms with E-state index in [9.17, 15) is 19.2 Å². The number of hydrogen-bond donors (Lipinski definition) is 1. The van der Waals surface area contributed by atoms with Gasteiger partial charge in [0.1, 0.15) is 17.8 Å². The molecule has 0 aliphatic carbocycles. The average molecular weight is 526 g/mol. The fourth-order valence-corrected chi connectivity index (χ4v) is 3.60. The van der Waals surface area contributed by atoms with Gasteiger partial charge in [0.25, 0.3) is 0 Å². The standard InChI is InChI=1S/C30H39NO7/c1-29(2,3)37-26(33)19-23(27(34)36-20-22-15-11-8-12-16-22)18-25(32)24(17-21-13-9-7-10-14-21)31-28(35)38-30(4,5)6/h7-16,23-24H,17-20H2,1-6H3,(H,31,35)/t23-,24+/m0/s1. The number of benzene rings is 2. The van der Waals surface area contributed by atoms with E-state index in [0.717, 1.165) is 11.1 Å². The molecule has 0 aromatic heterocycles. The summed E-state index contributed by atoms with van der Waals surface area (Å²) in [5, 5.41) is 2.64. The largest absolute Gasteiger partial charge is 0.461 e. The first-order valence-electron chi connectivity index (χ1n) is 12.7. The molecule has 8 nitrogen and oxygen atoms in total. The van der Waals surface area contributed by atoms with Crippen molar-refractivity contribution in [3.05, 3.63) is 71.8 Å². The van der Waals surface area contributed by atoms with Crippen molar-refractivity contribution in [1.29, 1.82) is 0 Å². The molecular weight excluding hydrogens is 486 g/mol. The van der Waals surface area contributed by atoms with Crippen molar-refractivity contribution in [3.8, 4) is 0 Å². The van der Waals surface area contributed by atoms with Crippen LogP contribution in [0.4, 0.5) is 4.79 Å². The van der Waals surface area contributed by atoms with E-state index in [-0.39, 0.29) is 25.9 Å². The second kappa shape index (κ2) is 13.7. The van der Waals surface area contributed by atoms with Gasteiger partial charge in [-0.15, -0.1) is 0 Å². The van der Waals surface area contributed by atoms with Gasteiger partial charge in [-0.3, -0.25) is 14.4 Å². The maximum absolute atomic E-state index is 13.5. The Morgan fingerprint density at radius 1 is 0.737 bits per heavy atom. The lowest BCUT2D eigenvalue weighted by Gasteiger charge is -2.25. The zero-order valence-electron chi connectivity index (χ0n) is 23.1. The van der Waals surface area contributed by atoms with Gasteiger partial charge in [0.15, 0.2) is 5.78 Å². The molecule has 206 valence electrons. The summed E-state index contributed by atoms with van der Waals surface area (Å²) in [6.45, 7) is 10.3.